The van der Waals surface area contributed by atoms with Crippen molar-refractivity contribution in [2.24, 2.45) is 5.92 Å². The zero-order valence-corrected chi connectivity index (χ0v) is 14.1. The molecule has 0 fully saturated rings. The summed E-state index contributed by atoms with van der Waals surface area (Å²) in [5.74, 6) is 1.61. The summed E-state index contributed by atoms with van der Waals surface area (Å²) >= 11 is 0. The molecule has 0 saturated carbocycles. The molecule has 0 aliphatic carbocycles. The number of amides is 1. The van der Waals surface area contributed by atoms with Gasteiger partial charge in [0.05, 0.1) is 13.7 Å². The van der Waals surface area contributed by atoms with Gasteiger partial charge in [0.2, 0.25) is 5.91 Å². The Labute approximate surface area is 133 Å². The zero-order chi connectivity index (χ0) is 16.4. The molecule has 1 rings (SSSR count). The Morgan fingerprint density at radius 1 is 1.32 bits per heavy atom. The highest BCUT2D eigenvalue weighted by atomic mass is 16.5. The fourth-order valence-electron chi connectivity index (χ4n) is 2.22. The lowest BCUT2D eigenvalue weighted by atomic mass is 10.1. The number of benzene rings is 1. The number of rotatable bonds is 10. The van der Waals surface area contributed by atoms with E-state index < -0.39 is 0 Å². The van der Waals surface area contributed by atoms with E-state index in [-0.39, 0.29) is 11.8 Å². The van der Waals surface area contributed by atoms with Gasteiger partial charge in [-0.15, -0.1) is 0 Å². The summed E-state index contributed by atoms with van der Waals surface area (Å²) in [6, 6.07) is 5.97. The van der Waals surface area contributed by atoms with Gasteiger partial charge in [-0.2, -0.15) is 0 Å². The van der Waals surface area contributed by atoms with Crippen LogP contribution in [0.5, 0.6) is 11.5 Å². The monoisotopic (exact) mass is 308 g/mol. The molecule has 22 heavy (non-hydrogen) atoms. The quantitative estimate of drug-likeness (QED) is 0.649. The van der Waals surface area contributed by atoms with Crippen LogP contribution in [0.1, 0.15) is 25.8 Å². The second-order valence-corrected chi connectivity index (χ2v) is 5.27. The van der Waals surface area contributed by atoms with Gasteiger partial charge in [0.1, 0.15) is 0 Å². The fourth-order valence-corrected chi connectivity index (χ4v) is 2.22. The van der Waals surface area contributed by atoms with Gasteiger partial charge in [-0.05, 0) is 44.5 Å². The van der Waals surface area contributed by atoms with Gasteiger partial charge in [0.25, 0.3) is 0 Å². The molecular weight excluding hydrogens is 280 g/mol. The molecule has 0 bridgehead atoms. The van der Waals surface area contributed by atoms with Gasteiger partial charge in [-0.3, -0.25) is 4.79 Å². The first-order chi connectivity index (χ1) is 10.6. The molecule has 5 nitrogen and oxygen atoms in total. The highest BCUT2D eigenvalue weighted by molar-refractivity contribution is 5.78. The van der Waals surface area contributed by atoms with Crippen LogP contribution in [-0.2, 0) is 11.2 Å². The predicted octanol–water partition coefficient (Wildman–Crippen LogP) is 2.00. The maximum atomic E-state index is 11.8. The molecule has 1 unspecified atom stereocenters. The second kappa shape index (κ2) is 10.1. The fraction of sp³-hybridized carbons (Fsp3) is 0.588. The molecule has 0 spiro atoms. The lowest BCUT2D eigenvalue weighted by Crippen LogP contribution is -2.34. The van der Waals surface area contributed by atoms with Crippen LogP contribution in [0.4, 0.5) is 0 Å². The first kappa shape index (κ1) is 18.3. The number of hydrogen-bond acceptors (Lipinski definition) is 4. The van der Waals surface area contributed by atoms with Crippen molar-refractivity contribution in [1.29, 1.82) is 0 Å². The number of ether oxygens (including phenoxy) is 2. The highest BCUT2D eigenvalue weighted by Crippen LogP contribution is 2.28. The minimum atomic E-state index is -0.00413. The smallest absolute Gasteiger partial charge is 0.224 e. The molecule has 1 amide bonds. The number of carbonyl (C=O) groups excluding carboxylic acids is 1. The lowest BCUT2D eigenvalue weighted by Gasteiger charge is -2.12. The minimum Gasteiger partial charge on any atom is -0.493 e. The molecule has 5 heteroatoms. The number of aryl methyl sites for hydroxylation is 1. The third-order valence-corrected chi connectivity index (χ3v) is 3.43. The van der Waals surface area contributed by atoms with Gasteiger partial charge in [-0.1, -0.05) is 13.0 Å². The third-order valence-electron chi connectivity index (χ3n) is 3.43. The van der Waals surface area contributed by atoms with Crippen molar-refractivity contribution >= 4 is 5.91 Å². The maximum absolute atomic E-state index is 11.8. The van der Waals surface area contributed by atoms with Crippen molar-refractivity contribution in [3.63, 3.8) is 0 Å². The number of hydrogen-bond donors (Lipinski definition) is 2. The summed E-state index contributed by atoms with van der Waals surface area (Å²) in [6.07, 6.45) is 1.79. The van der Waals surface area contributed by atoms with Gasteiger partial charge >= 0.3 is 0 Å². The average molecular weight is 308 g/mol. The second-order valence-electron chi connectivity index (χ2n) is 5.27. The Bertz CT molecular complexity index is 463. The molecule has 0 aliphatic rings. The topological polar surface area (TPSA) is 59.6 Å². The molecule has 1 atom stereocenters. The Morgan fingerprint density at radius 3 is 2.73 bits per heavy atom. The van der Waals surface area contributed by atoms with E-state index >= 15 is 0 Å². The molecule has 0 aromatic heterocycles. The van der Waals surface area contributed by atoms with Gasteiger partial charge < -0.3 is 20.1 Å². The number of methoxy groups -OCH3 is 1. The summed E-state index contributed by atoms with van der Waals surface area (Å²) in [5.41, 5.74) is 1.18. The van der Waals surface area contributed by atoms with Gasteiger partial charge in [-0.25, -0.2) is 0 Å². The van der Waals surface area contributed by atoms with Crippen LogP contribution in [0, 0.1) is 5.92 Å². The largest absolute Gasteiger partial charge is 0.493 e. The minimum absolute atomic E-state index is 0.00413. The van der Waals surface area contributed by atoms with E-state index in [1.54, 1.807) is 7.11 Å². The van der Waals surface area contributed by atoms with Crippen LogP contribution in [0.25, 0.3) is 0 Å². The van der Waals surface area contributed by atoms with Crippen molar-refractivity contribution < 1.29 is 14.3 Å². The predicted molar refractivity (Wildman–Crippen MR) is 88.6 cm³/mol. The Balaban J connectivity index is 2.42. The van der Waals surface area contributed by atoms with Crippen molar-refractivity contribution in [3.05, 3.63) is 23.8 Å². The van der Waals surface area contributed by atoms with Gasteiger partial charge in [0.15, 0.2) is 11.5 Å². The van der Waals surface area contributed by atoms with Crippen molar-refractivity contribution in [3.8, 4) is 11.5 Å². The van der Waals surface area contributed by atoms with Crippen LogP contribution >= 0.6 is 0 Å². The van der Waals surface area contributed by atoms with Crippen molar-refractivity contribution in [2.45, 2.75) is 26.7 Å². The Morgan fingerprint density at radius 2 is 2.09 bits per heavy atom. The van der Waals surface area contributed by atoms with E-state index in [0.717, 1.165) is 24.3 Å². The lowest BCUT2D eigenvalue weighted by molar-refractivity contribution is -0.124. The van der Waals surface area contributed by atoms with E-state index in [2.05, 4.69) is 10.6 Å². The normalized spacial score (nSPS) is 11.8. The first-order valence-electron chi connectivity index (χ1n) is 7.84. The third kappa shape index (κ3) is 5.93. The van der Waals surface area contributed by atoms with E-state index in [9.17, 15) is 4.79 Å². The van der Waals surface area contributed by atoms with Crippen LogP contribution < -0.4 is 20.1 Å². The van der Waals surface area contributed by atoms with Crippen molar-refractivity contribution in [1.82, 2.24) is 10.6 Å². The van der Waals surface area contributed by atoms with Gasteiger partial charge in [0, 0.05) is 19.0 Å². The molecule has 0 saturated heterocycles. The molecular formula is C17H28N2O3. The van der Waals surface area contributed by atoms with E-state index in [1.165, 1.54) is 5.56 Å². The standard InChI is InChI=1S/C17H28N2O3/c1-5-22-16-11-14(8-9-15(16)21-4)7-6-10-19-17(20)13(2)12-18-3/h8-9,11,13,18H,5-7,10,12H2,1-4H3,(H,19,20). The van der Waals surface area contributed by atoms with E-state index in [0.29, 0.717) is 19.7 Å². The van der Waals surface area contributed by atoms with Crippen LogP contribution in [0.3, 0.4) is 0 Å². The highest BCUT2D eigenvalue weighted by Gasteiger charge is 2.10. The molecule has 1 aromatic rings. The SMILES string of the molecule is CCOc1cc(CCCNC(=O)C(C)CNC)ccc1OC. The van der Waals surface area contributed by atoms with Crippen LogP contribution in [0.15, 0.2) is 18.2 Å². The average Bonchev–Trinajstić information content (AvgIpc) is 2.52. The zero-order valence-electron chi connectivity index (χ0n) is 14.1. The molecule has 0 radical (unpaired) electrons. The maximum Gasteiger partial charge on any atom is 0.224 e. The summed E-state index contributed by atoms with van der Waals surface area (Å²) in [7, 11) is 3.49. The molecule has 0 heterocycles. The van der Waals surface area contributed by atoms with Crippen LogP contribution in [-0.4, -0.2) is 39.8 Å². The van der Waals surface area contributed by atoms with Crippen molar-refractivity contribution in [2.75, 3.05) is 33.9 Å². The summed E-state index contributed by atoms with van der Waals surface area (Å²) < 4.78 is 10.8. The Hall–Kier alpha value is -1.75. The van der Waals surface area contributed by atoms with E-state index in [1.807, 2.05) is 39.1 Å². The number of carbonyl (C=O) groups is 1. The summed E-state index contributed by atoms with van der Waals surface area (Å²) in [6.45, 7) is 5.86. The Kier molecular flexibility index (Phi) is 8.36. The molecule has 1 aromatic carbocycles. The number of nitrogens with one attached hydrogen (secondary N) is 2. The molecule has 2 N–H and O–H groups in total. The summed E-state index contributed by atoms with van der Waals surface area (Å²) in [5, 5.41) is 5.97. The first-order valence-corrected chi connectivity index (χ1v) is 7.84. The van der Waals surface area contributed by atoms with E-state index in [4.69, 9.17) is 9.47 Å². The molecule has 0 aliphatic heterocycles. The summed E-state index contributed by atoms with van der Waals surface area (Å²) in [4.78, 5) is 11.8. The van der Waals surface area contributed by atoms with Crippen LogP contribution in [0.2, 0.25) is 0 Å². The molecule has 124 valence electrons.